The van der Waals surface area contributed by atoms with Gasteiger partial charge in [-0.05, 0) is 37.1 Å². The van der Waals surface area contributed by atoms with Crippen molar-refractivity contribution in [3.05, 3.63) is 70.6 Å². The van der Waals surface area contributed by atoms with E-state index in [0.29, 0.717) is 6.54 Å². The SMILES string of the molecule is C=CC[NH+](CC=C)Cc1c(C)[nH]c2c(CC)cccc2c1=O. The molecule has 0 amide bonds. The summed E-state index contributed by atoms with van der Waals surface area (Å²) in [6.07, 6.45) is 4.69. The molecule has 0 aliphatic heterocycles. The van der Waals surface area contributed by atoms with Gasteiger partial charge >= 0.3 is 0 Å². The van der Waals surface area contributed by atoms with E-state index in [0.717, 1.165) is 41.7 Å². The Hall–Kier alpha value is -2.13. The lowest BCUT2D eigenvalue weighted by molar-refractivity contribution is -0.902. The van der Waals surface area contributed by atoms with Gasteiger partial charge in [-0.3, -0.25) is 4.79 Å². The Morgan fingerprint density at radius 1 is 1.23 bits per heavy atom. The second-order valence-corrected chi connectivity index (χ2v) is 5.66. The number of para-hydroxylation sites is 1. The molecular formula is C19H25N2O+. The topological polar surface area (TPSA) is 37.3 Å². The van der Waals surface area contributed by atoms with Crippen molar-refractivity contribution in [1.82, 2.24) is 4.98 Å². The van der Waals surface area contributed by atoms with Crippen molar-refractivity contribution in [1.29, 1.82) is 0 Å². The van der Waals surface area contributed by atoms with Crippen LogP contribution in [0.3, 0.4) is 0 Å². The van der Waals surface area contributed by atoms with Crippen molar-refractivity contribution in [2.45, 2.75) is 26.8 Å². The summed E-state index contributed by atoms with van der Waals surface area (Å²) in [5, 5.41) is 0.788. The highest BCUT2D eigenvalue weighted by Crippen LogP contribution is 2.16. The summed E-state index contributed by atoms with van der Waals surface area (Å²) < 4.78 is 0. The Morgan fingerprint density at radius 2 is 1.91 bits per heavy atom. The molecule has 2 aromatic rings. The Bertz CT molecular complexity index is 733. The number of rotatable bonds is 7. The molecule has 1 aromatic heterocycles. The van der Waals surface area contributed by atoms with Crippen LogP contribution in [0.1, 0.15) is 23.7 Å². The molecule has 0 atom stereocenters. The third-order valence-electron chi connectivity index (χ3n) is 4.11. The zero-order valence-corrected chi connectivity index (χ0v) is 13.5. The zero-order valence-electron chi connectivity index (χ0n) is 13.5. The van der Waals surface area contributed by atoms with E-state index in [-0.39, 0.29) is 5.43 Å². The molecule has 0 fully saturated rings. The van der Waals surface area contributed by atoms with E-state index in [1.807, 2.05) is 31.2 Å². The molecule has 2 N–H and O–H groups in total. The average molecular weight is 297 g/mol. The maximum Gasteiger partial charge on any atom is 0.198 e. The third kappa shape index (κ3) is 3.20. The van der Waals surface area contributed by atoms with E-state index in [1.165, 1.54) is 10.5 Å². The largest absolute Gasteiger partial charge is 0.358 e. The summed E-state index contributed by atoms with van der Waals surface area (Å²) in [6.45, 7) is 14.0. The molecule has 3 heteroatoms. The predicted molar refractivity (Wildman–Crippen MR) is 93.5 cm³/mol. The molecule has 0 aliphatic rings. The van der Waals surface area contributed by atoms with E-state index in [9.17, 15) is 4.79 Å². The Morgan fingerprint density at radius 3 is 2.50 bits per heavy atom. The number of pyridine rings is 1. The monoisotopic (exact) mass is 297 g/mol. The van der Waals surface area contributed by atoms with Gasteiger partial charge in [-0.2, -0.15) is 0 Å². The van der Waals surface area contributed by atoms with Gasteiger partial charge in [0, 0.05) is 11.1 Å². The first-order chi connectivity index (χ1) is 10.6. The summed E-state index contributed by atoms with van der Waals surface area (Å²) >= 11 is 0. The standard InChI is InChI=1S/C19H24N2O/c1-5-11-21(12-6-2)13-17-14(4)20-18-15(7-3)9-8-10-16(18)19(17)22/h5-6,8-10H,1-2,7,11-13H2,3-4H3,(H,20,22)/p+1. The molecule has 0 radical (unpaired) electrons. The number of benzene rings is 1. The van der Waals surface area contributed by atoms with Crippen LogP contribution >= 0.6 is 0 Å². The number of hydrogen-bond acceptors (Lipinski definition) is 1. The minimum absolute atomic E-state index is 0.146. The predicted octanol–water partition coefficient (Wildman–Crippen LogP) is 2.16. The van der Waals surface area contributed by atoms with Crippen molar-refractivity contribution in [2.24, 2.45) is 0 Å². The van der Waals surface area contributed by atoms with Crippen molar-refractivity contribution in [2.75, 3.05) is 13.1 Å². The summed E-state index contributed by atoms with van der Waals surface area (Å²) in [5.74, 6) is 0. The molecule has 0 saturated carbocycles. The summed E-state index contributed by atoms with van der Waals surface area (Å²) in [6, 6.07) is 5.95. The number of aromatic nitrogens is 1. The van der Waals surface area contributed by atoms with E-state index in [4.69, 9.17) is 0 Å². The minimum atomic E-state index is 0.146. The van der Waals surface area contributed by atoms with Gasteiger partial charge in [-0.25, -0.2) is 0 Å². The van der Waals surface area contributed by atoms with Crippen LogP contribution in [0.2, 0.25) is 0 Å². The molecule has 0 unspecified atom stereocenters. The lowest BCUT2D eigenvalue weighted by Crippen LogP contribution is -3.10. The van der Waals surface area contributed by atoms with Crippen LogP contribution in [0.5, 0.6) is 0 Å². The number of aryl methyl sites for hydroxylation is 2. The number of fused-ring (bicyclic) bond motifs is 1. The molecule has 1 aromatic carbocycles. The first-order valence-electron chi connectivity index (χ1n) is 7.81. The molecule has 0 aliphatic carbocycles. The van der Waals surface area contributed by atoms with Crippen molar-refractivity contribution < 1.29 is 4.90 Å². The molecule has 3 nitrogen and oxygen atoms in total. The van der Waals surface area contributed by atoms with E-state index >= 15 is 0 Å². The highest BCUT2D eigenvalue weighted by molar-refractivity contribution is 5.82. The quantitative estimate of drug-likeness (QED) is 0.755. The summed E-state index contributed by atoms with van der Waals surface area (Å²) in [7, 11) is 0. The maximum absolute atomic E-state index is 12.9. The van der Waals surface area contributed by atoms with Gasteiger partial charge in [0.15, 0.2) is 5.43 Å². The van der Waals surface area contributed by atoms with Crippen LogP contribution in [0.15, 0.2) is 48.3 Å². The van der Waals surface area contributed by atoms with Crippen LogP contribution in [0.4, 0.5) is 0 Å². The van der Waals surface area contributed by atoms with E-state index in [2.05, 4.69) is 31.1 Å². The first kappa shape index (κ1) is 16.2. The van der Waals surface area contributed by atoms with E-state index in [1.54, 1.807) is 0 Å². The first-order valence-corrected chi connectivity index (χ1v) is 7.81. The number of nitrogens with one attached hydrogen (secondary N) is 2. The lowest BCUT2D eigenvalue weighted by Gasteiger charge is -2.17. The van der Waals surface area contributed by atoms with Crippen molar-refractivity contribution in [3.63, 3.8) is 0 Å². The molecule has 0 bridgehead atoms. The average Bonchev–Trinajstić information content (AvgIpc) is 2.51. The normalized spacial score (nSPS) is 11.0. The minimum Gasteiger partial charge on any atom is -0.358 e. The fraction of sp³-hybridized carbons (Fsp3) is 0.316. The van der Waals surface area contributed by atoms with Crippen molar-refractivity contribution in [3.8, 4) is 0 Å². The smallest absolute Gasteiger partial charge is 0.198 e. The second kappa shape index (κ2) is 7.23. The van der Waals surface area contributed by atoms with Gasteiger partial charge in [0.2, 0.25) is 0 Å². The van der Waals surface area contributed by atoms with E-state index < -0.39 is 0 Å². The van der Waals surface area contributed by atoms with Gasteiger partial charge < -0.3 is 9.88 Å². The molecule has 0 saturated heterocycles. The van der Waals surface area contributed by atoms with Gasteiger partial charge in [0.1, 0.15) is 6.54 Å². The van der Waals surface area contributed by atoms with Crippen molar-refractivity contribution >= 4 is 10.9 Å². The Kier molecular flexibility index (Phi) is 5.34. The molecule has 22 heavy (non-hydrogen) atoms. The highest BCUT2D eigenvalue weighted by Gasteiger charge is 2.15. The van der Waals surface area contributed by atoms with Gasteiger partial charge in [-0.1, -0.05) is 32.2 Å². The van der Waals surface area contributed by atoms with Gasteiger partial charge in [0.25, 0.3) is 0 Å². The summed E-state index contributed by atoms with van der Waals surface area (Å²) in [4.78, 5) is 17.6. The molecule has 2 rings (SSSR count). The molecule has 1 heterocycles. The van der Waals surface area contributed by atoms with Gasteiger partial charge in [0.05, 0.1) is 24.2 Å². The van der Waals surface area contributed by atoms with Crippen LogP contribution < -0.4 is 10.3 Å². The lowest BCUT2D eigenvalue weighted by atomic mass is 10.0. The van der Waals surface area contributed by atoms with Crippen LogP contribution in [0, 0.1) is 6.92 Å². The Balaban J connectivity index is 2.53. The van der Waals surface area contributed by atoms with Crippen LogP contribution in [-0.4, -0.2) is 18.1 Å². The van der Waals surface area contributed by atoms with Crippen LogP contribution in [-0.2, 0) is 13.0 Å². The number of H-pyrrole nitrogens is 1. The zero-order chi connectivity index (χ0) is 16.1. The van der Waals surface area contributed by atoms with Gasteiger partial charge in [-0.15, -0.1) is 0 Å². The fourth-order valence-electron chi connectivity index (χ4n) is 2.93. The second-order valence-electron chi connectivity index (χ2n) is 5.66. The highest BCUT2D eigenvalue weighted by atomic mass is 16.1. The molecule has 116 valence electrons. The summed E-state index contributed by atoms with van der Waals surface area (Å²) in [5.41, 5.74) is 4.13. The number of quaternary nitrogens is 1. The molecular weight excluding hydrogens is 272 g/mol. The maximum atomic E-state index is 12.9. The van der Waals surface area contributed by atoms with Crippen LogP contribution in [0.25, 0.3) is 10.9 Å². The third-order valence-corrected chi connectivity index (χ3v) is 4.11. The number of aromatic amines is 1. The Labute approximate surface area is 132 Å². The fourth-order valence-corrected chi connectivity index (χ4v) is 2.93. The molecule has 0 spiro atoms. The number of hydrogen-bond donors (Lipinski definition) is 2.